The van der Waals surface area contributed by atoms with Crippen LogP contribution in [0.5, 0.6) is 0 Å². The fourth-order valence-electron chi connectivity index (χ4n) is 4.18. The van der Waals surface area contributed by atoms with Crippen LogP contribution >= 0.6 is 11.8 Å². The molecule has 3 N–H and O–H groups in total. The van der Waals surface area contributed by atoms with Crippen LogP contribution in [0.2, 0.25) is 0 Å². The molecule has 1 saturated heterocycles. The summed E-state index contributed by atoms with van der Waals surface area (Å²) in [6.07, 6.45) is 4.62. The van der Waals surface area contributed by atoms with Gasteiger partial charge in [-0.15, -0.1) is 0 Å². The Bertz CT molecular complexity index is 626. The normalized spacial score (nSPS) is 20.1. The summed E-state index contributed by atoms with van der Waals surface area (Å²) in [6, 6.07) is 1.75. The summed E-state index contributed by atoms with van der Waals surface area (Å²) < 4.78 is 0. The van der Waals surface area contributed by atoms with Crippen molar-refractivity contribution in [2.24, 2.45) is 0 Å². The van der Waals surface area contributed by atoms with E-state index in [0.717, 1.165) is 36.4 Å². The van der Waals surface area contributed by atoms with Gasteiger partial charge >= 0.3 is 0 Å². The van der Waals surface area contributed by atoms with Gasteiger partial charge in [0, 0.05) is 28.5 Å². The second-order valence-corrected chi connectivity index (χ2v) is 9.94. The van der Waals surface area contributed by atoms with Crippen LogP contribution in [0.4, 0.5) is 5.95 Å². The average molecular weight is 394 g/mol. The van der Waals surface area contributed by atoms with Gasteiger partial charge in [-0.05, 0) is 78.9 Å². The van der Waals surface area contributed by atoms with Gasteiger partial charge in [-0.1, -0.05) is 0 Å². The molecule has 1 atom stereocenters. The number of piperidine rings is 1. The van der Waals surface area contributed by atoms with Gasteiger partial charge in [0.1, 0.15) is 6.04 Å². The topological polar surface area (TPSA) is 78.9 Å². The fourth-order valence-corrected chi connectivity index (χ4v) is 4.65. The lowest BCUT2D eigenvalue weighted by molar-refractivity contribution is -0.123. The van der Waals surface area contributed by atoms with Crippen LogP contribution in [0.3, 0.4) is 0 Å². The highest BCUT2D eigenvalue weighted by molar-refractivity contribution is 7.98. The van der Waals surface area contributed by atoms with Crippen LogP contribution in [-0.4, -0.2) is 51.0 Å². The molecular formula is C20H35N5OS. The van der Waals surface area contributed by atoms with E-state index in [9.17, 15) is 4.79 Å². The number of rotatable bonds is 7. The molecule has 1 unspecified atom stereocenters. The molecule has 2 rings (SSSR count). The third kappa shape index (κ3) is 6.96. The molecule has 1 amide bonds. The van der Waals surface area contributed by atoms with E-state index in [0.29, 0.717) is 5.95 Å². The summed E-state index contributed by atoms with van der Waals surface area (Å²) in [4.78, 5) is 21.9. The molecule has 1 aliphatic rings. The first-order valence-electron chi connectivity index (χ1n) is 9.67. The van der Waals surface area contributed by atoms with E-state index in [2.05, 4.69) is 59.9 Å². The van der Waals surface area contributed by atoms with Crippen molar-refractivity contribution in [2.45, 2.75) is 84.0 Å². The Balaban J connectivity index is 2.09. The van der Waals surface area contributed by atoms with Gasteiger partial charge < -0.3 is 16.0 Å². The number of anilines is 1. The van der Waals surface area contributed by atoms with Crippen molar-refractivity contribution in [3.05, 3.63) is 17.5 Å². The standard InChI is InChI=1S/C20H35N5OS/c1-13-10-14(2)22-18(21-13)24-16(8-9-27-7)17(26)23-15-11-19(3,4)25-20(5,6)12-15/h10,15-16,25H,8-9,11-12H2,1-7H3,(H,23,26)(H,21,22,24). The van der Waals surface area contributed by atoms with Crippen molar-refractivity contribution in [3.8, 4) is 0 Å². The van der Waals surface area contributed by atoms with E-state index in [1.165, 1.54) is 0 Å². The third-order valence-corrected chi connectivity index (χ3v) is 5.39. The van der Waals surface area contributed by atoms with Crippen LogP contribution < -0.4 is 16.0 Å². The second-order valence-electron chi connectivity index (χ2n) is 8.96. The van der Waals surface area contributed by atoms with E-state index >= 15 is 0 Å². The summed E-state index contributed by atoms with van der Waals surface area (Å²) in [5.41, 5.74) is 1.80. The lowest BCUT2D eigenvalue weighted by Crippen LogP contribution is -2.63. The number of aromatic nitrogens is 2. The van der Waals surface area contributed by atoms with Crippen LogP contribution in [0.15, 0.2) is 6.07 Å². The number of hydrogen-bond donors (Lipinski definition) is 3. The second kappa shape index (κ2) is 8.78. The van der Waals surface area contributed by atoms with Crippen LogP contribution in [0.1, 0.15) is 58.3 Å². The van der Waals surface area contributed by atoms with E-state index in [1.807, 2.05) is 19.9 Å². The lowest BCUT2D eigenvalue weighted by atomic mass is 9.79. The van der Waals surface area contributed by atoms with E-state index in [-0.39, 0.29) is 29.1 Å². The maximum Gasteiger partial charge on any atom is 0.242 e. The Labute approximate surface area is 168 Å². The largest absolute Gasteiger partial charge is 0.351 e. The molecule has 0 saturated carbocycles. The maximum absolute atomic E-state index is 13.1. The van der Waals surface area contributed by atoms with Gasteiger partial charge in [0.2, 0.25) is 11.9 Å². The van der Waals surface area contributed by atoms with Gasteiger partial charge in [-0.3, -0.25) is 4.79 Å². The minimum atomic E-state index is -0.334. The van der Waals surface area contributed by atoms with Gasteiger partial charge in [0.05, 0.1) is 0 Å². The molecule has 1 aliphatic heterocycles. The average Bonchev–Trinajstić information content (AvgIpc) is 2.47. The van der Waals surface area contributed by atoms with Gasteiger partial charge in [0.25, 0.3) is 0 Å². The Morgan fingerprint density at radius 1 is 1.22 bits per heavy atom. The zero-order valence-corrected chi connectivity index (χ0v) is 18.6. The molecule has 1 aromatic heterocycles. The van der Waals surface area contributed by atoms with Crippen molar-refractivity contribution in [2.75, 3.05) is 17.3 Å². The van der Waals surface area contributed by atoms with E-state index < -0.39 is 0 Å². The van der Waals surface area contributed by atoms with Gasteiger partial charge in [-0.2, -0.15) is 11.8 Å². The van der Waals surface area contributed by atoms with Crippen LogP contribution in [0, 0.1) is 13.8 Å². The predicted molar refractivity (Wildman–Crippen MR) is 114 cm³/mol. The maximum atomic E-state index is 13.1. The van der Waals surface area contributed by atoms with Crippen LogP contribution in [0.25, 0.3) is 0 Å². The molecule has 0 aliphatic carbocycles. The molecule has 1 aromatic rings. The van der Waals surface area contributed by atoms with Crippen molar-refractivity contribution in [1.29, 1.82) is 0 Å². The highest BCUT2D eigenvalue weighted by atomic mass is 32.2. The lowest BCUT2D eigenvalue weighted by Gasteiger charge is -2.46. The van der Waals surface area contributed by atoms with Gasteiger partial charge in [0.15, 0.2) is 0 Å². The molecule has 0 spiro atoms. The number of carbonyl (C=O) groups excluding carboxylic acids is 1. The summed E-state index contributed by atoms with van der Waals surface area (Å²) >= 11 is 1.74. The van der Waals surface area contributed by atoms with Crippen LogP contribution in [-0.2, 0) is 4.79 Å². The Hall–Kier alpha value is -1.34. The first kappa shape index (κ1) is 22.0. The first-order valence-corrected chi connectivity index (χ1v) is 11.1. The molecule has 152 valence electrons. The smallest absolute Gasteiger partial charge is 0.242 e. The first-order chi connectivity index (χ1) is 12.5. The number of thioether (sulfide) groups is 1. The number of nitrogens with zero attached hydrogens (tertiary/aromatic N) is 2. The highest BCUT2D eigenvalue weighted by Gasteiger charge is 2.38. The monoisotopic (exact) mass is 393 g/mol. The number of aryl methyl sites for hydroxylation is 2. The summed E-state index contributed by atoms with van der Waals surface area (Å²) in [5, 5.41) is 10.2. The van der Waals surface area contributed by atoms with Crippen molar-refractivity contribution in [1.82, 2.24) is 20.6 Å². The molecule has 6 nitrogen and oxygen atoms in total. The molecule has 1 fully saturated rings. The highest BCUT2D eigenvalue weighted by Crippen LogP contribution is 2.28. The number of nitrogens with one attached hydrogen (secondary N) is 3. The predicted octanol–water partition coefficient (Wildman–Crippen LogP) is 3.05. The number of carbonyl (C=O) groups is 1. The number of hydrogen-bond acceptors (Lipinski definition) is 6. The zero-order chi connectivity index (χ0) is 20.2. The Morgan fingerprint density at radius 2 is 1.78 bits per heavy atom. The molecule has 0 radical (unpaired) electrons. The Kier molecular flexibility index (Phi) is 7.14. The van der Waals surface area contributed by atoms with Crippen molar-refractivity contribution < 1.29 is 4.79 Å². The molecule has 0 bridgehead atoms. The summed E-state index contributed by atoms with van der Waals surface area (Å²) in [5.74, 6) is 1.46. The van der Waals surface area contributed by atoms with E-state index in [4.69, 9.17) is 0 Å². The molecule has 7 heteroatoms. The Morgan fingerprint density at radius 3 is 2.30 bits per heavy atom. The minimum absolute atomic E-state index is 0.00133. The third-order valence-electron chi connectivity index (χ3n) is 4.75. The SMILES string of the molecule is CSCCC(Nc1nc(C)cc(C)n1)C(=O)NC1CC(C)(C)NC(C)(C)C1. The quantitative estimate of drug-likeness (QED) is 0.661. The fraction of sp³-hybridized carbons (Fsp3) is 0.750. The molecule has 0 aromatic carbocycles. The zero-order valence-electron chi connectivity index (χ0n) is 17.8. The minimum Gasteiger partial charge on any atom is -0.351 e. The molecule has 27 heavy (non-hydrogen) atoms. The van der Waals surface area contributed by atoms with Gasteiger partial charge in [-0.25, -0.2) is 9.97 Å². The summed E-state index contributed by atoms with van der Waals surface area (Å²) in [6.45, 7) is 12.7. The van der Waals surface area contributed by atoms with Crippen molar-refractivity contribution in [3.63, 3.8) is 0 Å². The summed E-state index contributed by atoms with van der Waals surface area (Å²) in [7, 11) is 0. The molecular weight excluding hydrogens is 358 g/mol. The van der Waals surface area contributed by atoms with Crippen molar-refractivity contribution >= 4 is 23.6 Å². The number of amides is 1. The van der Waals surface area contributed by atoms with E-state index in [1.54, 1.807) is 11.8 Å². The molecule has 2 heterocycles.